The van der Waals surface area contributed by atoms with Crippen molar-refractivity contribution < 1.29 is 0 Å². The Morgan fingerprint density at radius 2 is 2.00 bits per heavy atom. The van der Waals surface area contributed by atoms with Crippen LogP contribution in [0, 0.1) is 12.3 Å². The van der Waals surface area contributed by atoms with Gasteiger partial charge in [0.15, 0.2) is 0 Å². The van der Waals surface area contributed by atoms with E-state index in [9.17, 15) is 0 Å². The van der Waals surface area contributed by atoms with E-state index in [4.69, 9.17) is 17.9 Å². The average molecular weight is 124 g/mol. The van der Waals surface area contributed by atoms with Crippen LogP contribution in [0.2, 0.25) is 0 Å². The van der Waals surface area contributed by atoms with Gasteiger partial charge in [0.2, 0.25) is 0 Å². The normalized spacial score (nSPS) is 17.1. The van der Waals surface area contributed by atoms with Gasteiger partial charge in [-0.25, -0.2) is 0 Å². The standard InChI is InChI=1S/C7H12N2/c1-3-7(9)5-4-6(2)8/h1,4-7H,8-9H2,2H3/b5-4+. The van der Waals surface area contributed by atoms with Gasteiger partial charge in [-0.05, 0) is 6.92 Å². The zero-order valence-corrected chi connectivity index (χ0v) is 5.54. The summed E-state index contributed by atoms with van der Waals surface area (Å²) in [4.78, 5) is 0. The van der Waals surface area contributed by atoms with Crippen molar-refractivity contribution in [3.63, 3.8) is 0 Å². The molecular weight excluding hydrogens is 112 g/mol. The maximum atomic E-state index is 5.38. The molecule has 0 saturated carbocycles. The number of hydrogen-bond donors (Lipinski definition) is 2. The van der Waals surface area contributed by atoms with Gasteiger partial charge in [-0.3, -0.25) is 0 Å². The van der Waals surface area contributed by atoms with E-state index < -0.39 is 0 Å². The molecule has 0 heterocycles. The number of rotatable bonds is 2. The minimum absolute atomic E-state index is 0.0319. The molecule has 0 saturated heterocycles. The van der Waals surface area contributed by atoms with Gasteiger partial charge >= 0.3 is 0 Å². The van der Waals surface area contributed by atoms with E-state index in [1.165, 1.54) is 0 Å². The largest absolute Gasteiger partial charge is 0.325 e. The van der Waals surface area contributed by atoms with Crippen molar-refractivity contribution >= 4 is 0 Å². The van der Waals surface area contributed by atoms with Crippen LogP contribution >= 0.6 is 0 Å². The maximum absolute atomic E-state index is 5.38. The third-order valence-electron chi connectivity index (χ3n) is 0.814. The van der Waals surface area contributed by atoms with Crippen LogP contribution in [0.15, 0.2) is 12.2 Å². The summed E-state index contributed by atoms with van der Waals surface area (Å²) in [6, 6.07) is -0.264. The fourth-order valence-corrected chi connectivity index (χ4v) is 0.351. The predicted octanol–water partition coefficient (Wildman–Crippen LogP) is -0.150. The Kier molecular flexibility index (Phi) is 3.78. The first-order valence-corrected chi connectivity index (χ1v) is 2.82. The second-order valence-corrected chi connectivity index (χ2v) is 1.94. The molecule has 0 amide bonds. The zero-order valence-electron chi connectivity index (χ0n) is 5.54. The molecule has 2 heteroatoms. The van der Waals surface area contributed by atoms with Gasteiger partial charge in [-0.2, -0.15) is 0 Å². The Hall–Kier alpha value is -0.780. The highest BCUT2D eigenvalue weighted by Crippen LogP contribution is 1.81. The lowest BCUT2D eigenvalue weighted by atomic mass is 10.2. The second-order valence-electron chi connectivity index (χ2n) is 1.94. The maximum Gasteiger partial charge on any atom is 0.0848 e. The molecule has 0 fully saturated rings. The zero-order chi connectivity index (χ0) is 7.28. The molecule has 0 spiro atoms. The average Bonchev–Trinajstić information content (AvgIpc) is 1.83. The molecule has 0 aromatic rings. The quantitative estimate of drug-likeness (QED) is 0.397. The van der Waals surface area contributed by atoms with Crippen LogP contribution in [-0.4, -0.2) is 12.1 Å². The molecule has 0 rings (SSSR count). The van der Waals surface area contributed by atoms with Crippen LogP contribution in [0.3, 0.4) is 0 Å². The lowest BCUT2D eigenvalue weighted by Gasteiger charge is -1.96. The third kappa shape index (κ3) is 5.09. The first-order chi connectivity index (χ1) is 4.16. The Morgan fingerprint density at radius 1 is 1.44 bits per heavy atom. The van der Waals surface area contributed by atoms with Crippen molar-refractivity contribution in [3.05, 3.63) is 12.2 Å². The van der Waals surface area contributed by atoms with Gasteiger partial charge in [0.1, 0.15) is 0 Å². The summed E-state index contributed by atoms with van der Waals surface area (Å²) in [5.74, 6) is 2.36. The Labute approximate surface area is 55.9 Å². The van der Waals surface area contributed by atoms with E-state index in [0.29, 0.717) is 0 Å². The molecule has 0 aliphatic carbocycles. The van der Waals surface area contributed by atoms with E-state index in [-0.39, 0.29) is 12.1 Å². The van der Waals surface area contributed by atoms with Crippen LogP contribution in [0.5, 0.6) is 0 Å². The van der Waals surface area contributed by atoms with Crippen molar-refractivity contribution in [2.45, 2.75) is 19.0 Å². The smallest absolute Gasteiger partial charge is 0.0848 e. The van der Waals surface area contributed by atoms with Crippen molar-refractivity contribution in [1.82, 2.24) is 0 Å². The van der Waals surface area contributed by atoms with Crippen LogP contribution in [-0.2, 0) is 0 Å². The van der Waals surface area contributed by atoms with E-state index in [1.54, 1.807) is 12.2 Å². The predicted molar refractivity (Wildman–Crippen MR) is 39.6 cm³/mol. The van der Waals surface area contributed by atoms with Gasteiger partial charge in [0.05, 0.1) is 6.04 Å². The van der Waals surface area contributed by atoms with Crippen LogP contribution in [0.25, 0.3) is 0 Å². The summed E-state index contributed by atoms with van der Waals surface area (Å²) in [7, 11) is 0. The van der Waals surface area contributed by atoms with Crippen molar-refractivity contribution in [2.24, 2.45) is 11.5 Å². The number of hydrogen-bond acceptors (Lipinski definition) is 2. The van der Waals surface area contributed by atoms with Crippen molar-refractivity contribution in [2.75, 3.05) is 0 Å². The second kappa shape index (κ2) is 4.13. The van der Waals surface area contributed by atoms with E-state index in [1.807, 2.05) is 6.92 Å². The van der Waals surface area contributed by atoms with Crippen molar-refractivity contribution in [3.8, 4) is 12.3 Å². The summed E-state index contributed by atoms with van der Waals surface area (Å²) in [5.41, 5.74) is 10.7. The lowest BCUT2D eigenvalue weighted by molar-refractivity contribution is 0.910. The molecule has 0 aliphatic rings. The number of nitrogens with two attached hydrogens (primary N) is 2. The minimum atomic E-state index is -0.295. The van der Waals surface area contributed by atoms with Gasteiger partial charge in [-0.15, -0.1) is 6.42 Å². The third-order valence-corrected chi connectivity index (χ3v) is 0.814. The van der Waals surface area contributed by atoms with Gasteiger partial charge in [0, 0.05) is 6.04 Å². The van der Waals surface area contributed by atoms with Gasteiger partial charge in [-0.1, -0.05) is 18.1 Å². The highest BCUT2D eigenvalue weighted by Gasteiger charge is 1.88. The summed E-state index contributed by atoms with van der Waals surface area (Å²) in [6.07, 6.45) is 8.49. The van der Waals surface area contributed by atoms with Crippen molar-refractivity contribution in [1.29, 1.82) is 0 Å². The Balaban J connectivity index is 3.60. The first-order valence-electron chi connectivity index (χ1n) is 2.82. The fraction of sp³-hybridized carbons (Fsp3) is 0.429. The molecule has 9 heavy (non-hydrogen) atoms. The van der Waals surface area contributed by atoms with Gasteiger partial charge in [0.25, 0.3) is 0 Å². The molecular formula is C7H12N2. The molecule has 4 N–H and O–H groups in total. The molecule has 2 atom stereocenters. The van der Waals surface area contributed by atoms with Gasteiger partial charge < -0.3 is 11.5 Å². The summed E-state index contributed by atoms with van der Waals surface area (Å²) >= 11 is 0. The Bertz CT molecular complexity index is 130. The monoisotopic (exact) mass is 124 g/mol. The molecule has 0 aliphatic heterocycles. The van der Waals surface area contributed by atoms with Crippen LogP contribution < -0.4 is 11.5 Å². The molecule has 50 valence electrons. The van der Waals surface area contributed by atoms with Crippen LogP contribution in [0.1, 0.15) is 6.92 Å². The first kappa shape index (κ1) is 8.22. The molecule has 2 unspecified atom stereocenters. The highest BCUT2D eigenvalue weighted by molar-refractivity contribution is 5.10. The summed E-state index contributed by atoms with van der Waals surface area (Å²) in [6.45, 7) is 1.86. The molecule has 0 radical (unpaired) electrons. The highest BCUT2D eigenvalue weighted by atomic mass is 14.6. The molecule has 0 aromatic carbocycles. The van der Waals surface area contributed by atoms with E-state index in [0.717, 1.165) is 0 Å². The van der Waals surface area contributed by atoms with Crippen LogP contribution in [0.4, 0.5) is 0 Å². The minimum Gasteiger partial charge on any atom is -0.325 e. The van der Waals surface area contributed by atoms with E-state index in [2.05, 4.69) is 5.92 Å². The Morgan fingerprint density at radius 3 is 2.33 bits per heavy atom. The topological polar surface area (TPSA) is 52.0 Å². The lowest BCUT2D eigenvalue weighted by Crippen LogP contribution is -2.16. The number of terminal acetylenes is 1. The fourth-order valence-electron chi connectivity index (χ4n) is 0.351. The molecule has 2 nitrogen and oxygen atoms in total. The molecule has 0 aromatic heterocycles. The molecule has 0 bridgehead atoms. The summed E-state index contributed by atoms with van der Waals surface area (Å²) in [5, 5.41) is 0. The summed E-state index contributed by atoms with van der Waals surface area (Å²) < 4.78 is 0. The SMILES string of the molecule is C#CC(N)/C=C/C(C)N. The van der Waals surface area contributed by atoms with E-state index >= 15 is 0 Å².